The van der Waals surface area contributed by atoms with Crippen LogP contribution in [0.25, 0.3) is 0 Å². The van der Waals surface area contributed by atoms with Crippen LogP contribution in [0.15, 0.2) is 42.5 Å². The van der Waals surface area contributed by atoms with Gasteiger partial charge in [0.15, 0.2) is 0 Å². The molecule has 2 N–H and O–H groups in total. The van der Waals surface area contributed by atoms with Crippen molar-refractivity contribution < 1.29 is 9.72 Å². The van der Waals surface area contributed by atoms with Gasteiger partial charge in [0.25, 0.3) is 11.6 Å². The third kappa shape index (κ3) is 4.04. The molecule has 1 aliphatic rings. The number of carbonyl (C=O) groups is 1. The predicted molar refractivity (Wildman–Crippen MR) is 105 cm³/mol. The highest BCUT2D eigenvalue weighted by atomic mass is 35.5. The molecule has 0 bridgehead atoms. The second kappa shape index (κ2) is 7.94. The summed E-state index contributed by atoms with van der Waals surface area (Å²) >= 11 is 5.99. The minimum Gasteiger partial charge on any atom is -0.375 e. The Kier molecular flexibility index (Phi) is 5.62. The van der Waals surface area contributed by atoms with Gasteiger partial charge in [0.05, 0.1) is 11.0 Å². The molecule has 2 aromatic carbocycles. The fraction of sp³-hybridized carbons (Fsp3) is 0.316. The smallest absolute Gasteiger partial charge is 0.293 e. The van der Waals surface area contributed by atoms with Crippen LogP contribution in [0.5, 0.6) is 0 Å². The van der Waals surface area contributed by atoms with E-state index in [4.69, 9.17) is 11.6 Å². The van der Waals surface area contributed by atoms with Crippen molar-refractivity contribution >= 4 is 28.9 Å². The third-order valence-electron chi connectivity index (χ3n) is 4.88. The Balaban J connectivity index is 1.90. The topological polar surface area (TPSA) is 87.5 Å². The summed E-state index contributed by atoms with van der Waals surface area (Å²) in [5.74, 6) is -0.357. The molecular weight excluding hydrogens is 368 g/mol. The highest BCUT2D eigenvalue weighted by molar-refractivity contribution is 6.30. The molecule has 3 rings (SSSR count). The average Bonchev–Trinajstić information content (AvgIpc) is 3.02. The number of hydrogen-bond acceptors (Lipinski definition) is 5. The van der Waals surface area contributed by atoms with Crippen LogP contribution in [0.2, 0.25) is 5.02 Å². The third-order valence-corrected chi connectivity index (χ3v) is 5.14. The van der Waals surface area contributed by atoms with E-state index < -0.39 is 4.92 Å². The number of hydrogen-bond donors (Lipinski definition) is 2. The van der Waals surface area contributed by atoms with Gasteiger partial charge in [-0.05, 0) is 43.3 Å². The standard InChI is InChI=1S/C19H21ClN4O3/c1-21-19(25)13-5-8-15(17(11-13)24(26)27)22-16-9-10-23(2)18(16)12-3-6-14(20)7-4-12/h3-8,11,16,18,22H,9-10H2,1-2H3,(H,21,25). The Morgan fingerprint density at radius 1 is 1.26 bits per heavy atom. The lowest BCUT2D eigenvalue weighted by molar-refractivity contribution is -0.384. The van der Waals surface area contributed by atoms with Gasteiger partial charge in [-0.1, -0.05) is 23.7 Å². The minimum absolute atomic E-state index is 0.000673. The van der Waals surface area contributed by atoms with Crippen LogP contribution in [-0.4, -0.2) is 42.4 Å². The van der Waals surface area contributed by atoms with Crippen molar-refractivity contribution in [1.29, 1.82) is 0 Å². The van der Waals surface area contributed by atoms with Crippen LogP contribution in [0.1, 0.15) is 28.4 Å². The van der Waals surface area contributed by atoms with Gasteiger partial charge in [0.2, 0.25) is 0 Å². The monoisotopic (exact) mass is 388 g/mol. The summed E-state index contributed by atoms with van der Waals surface area (Å²) in [4.78, 5) is 25.0. The first kappa shape index (κ1) is 19.1. The van der Waals surface area contributed by atoms with Gasteiger partial charge in [-0.15, -0.1) is 0 Å². The lowest BCUT2D eigenvalue weighted by Gasteiger charge is -2.27. The van der Waals surface area contributed by atoms with Crippen molar-refractivity contribution in [3.63, 3.8) is 0 Å². The van der Waals surface area contributed by atoms with Crippen molar-refractivity contribution in [2.45, 2.75) is 18.5 Å². The number of nitro groups is 1. The number of rotatable bonds is 5. The van der Waals surface area contributed by atoms with Crippen molar-refractivity contribution in [3.05, 3.63) is 68.7 Å². The summed E-state index contributed by atoms with van der Waals surface area (Å²) < 4.78 is 0. The summed E-state index contributed by atoms with van der Waals surface area (Å²) in [5, 5.41) is 18.0. The fourth-order valence-corrected chi connectivity index (χ4v) is 3.66. The summed E-state index contributed by atoms with van der Waals surface area (Å²) in [7, 11) is 3.52. The summed E-state index contributed by atoms with van der Waals surface area (Å²) in [6.45, 7) is 0.870. The molecule has 2 unspecified atom stereocenters. The number of anilines is 1. The zero-order valence-corrected chi connectivity index (χ0v) is 15.9. The molecule has 0 aliphatic carbocycles. The molecule has 1 fully saturated rings. The lowest BCUT2D eigenvalue weighted by atomic mass is 9.99. The molecule has 0 saturated carbocycles. The predicted octanol–water partition coefficient (Wildman–Crippen LogP) is 3.47. The second-order valence-corrected chi connectivity index (χ2v) is 7.02. The second-order valence-electron chi connectivity index (χ2n) is 6.58. The van der Waals surface area contributed by atoms with Crippen molar-refractivity contribution in [2.75, 3.05) is 26.0 Å². The zero-order chi connectivity index (χ0) is 19.6. The SMILES string of the molecule is CNC(=O)c1ccc(NC2CCN(C)C2c2ccc(Cl)cc2)c([N+](=O)[O-])c1. The minimum atomic E-state index is -0.468. The van der Waals surface area contributed by atoms with Gasteiger partial charge in [-0.2, -0.15) is 0 Å². The Morgan fingerprint density at radius 2 is 1.96 bits per heavy atom. The molecule has 1 saturated heterocycles. The molecule has 0 spiro atoms. The first-order valence-corrected chi connectivity index (χ1v) is 9.01. The Bertz CT molecular complexity index is 857. The van der Waals surface area contributed by atoms with Crippen molar-refractivity contribution in [3.8, 4) is 0 Å². The van der Waals surface area contributed by atoms with Crippen molar-refractivity contribution in [2.24, 2.45) is 0 Å². The van der Waals surface area contributed by atoms with Crippen LogP contribution in [0.4, 0.5) is 11.4 Å². The average molecular weight is 389 g/mol. The van der Waals surface area contributed by atoms with E-state index in [-0.39, 0.29) is 29.2 Å². The van der Waals surface area contributed by atoms with Crippen LogP contribution in [0, 0.1) is 10.1 Å². The summed E-state index contributed by atoms with van der Waals surface area (Å²) in [6, 6.07) is 12.2. The summed E-state index contributed by atoms with van der Waals surface area (Å²) in [6.07, 6.45) is 0.845. The Labute approximate surface area is 162 Å². The maximum absolute atomic E-state index is 11.8. The fourth-order valence-electron chi connectivity index (χ4n) is 3.53. The number of likely N-dealkylation sites (tertiary alicyclic amines) is 1. The number of nitro benzene ring substituents is 1. The molecule has 0 radical (unpaired) electrons. The van der Waals surface area contributed by atoms with Gasteiger partial charge >= 0.3 is 0 Å². The van der Waals surface area contributed by atoms with Gasteiger partial charge in [0, 0.05) is 36.3 Å². The first-order valence-electron chi connectivity index (χ1n) is 8.63. The quantitative estimate of drug-likeness (QED) is 0.605. The molecule has 8 heteroatoms. The molecule has 27 heavy (non-hydrogen) atoms. The highest BCUT2D eigenvalue weighted by Crippen LogP contribution is 2.36. The normalized spacial score (nSPS) is 19.7. The largest absolute Gasteiger partial charge is 0.375 e. The number of likely N-dealkylation sites (N-methyl/N-ethyl adjacent to an activating group) is 1. The van der Waals surface area contributed by atoms with Crippen LogP contribution in [-0.2, 0) is 0 Å². The van der Waals surface area contributed by atoms with E-state index in [1.165, 1.54) is 13.1 Å². The van der Waals surface area contributed by atoms with Crippen LogP contribution < -0.4 is 10.6 Å². The molecule has 1 heterocycles. The number of carbonyl (C=O) groups excluding carboxylic acids is 1. The van der Waals surface area contributed by atoms with E-state index in [2.05, 4.69) is 15.5 Å². The summed E-state index contributed by atoms with van der Waals surface area (Å²) in [5.41, 5.74) is 1.65. The molecule has 142 valence electrons. The number of nitrogens with zero attached hydrogens (tertiary/aromatic N) is 2. The first-order chi connectivity index (χ1) is 12.9. The van der Waals surface area contributed by atoms with E-state index in [1.54, 1.807) is 12.1 Å². The molecule has 2 atom stereocenters. The van der Waals surface area contributed by atoms with Gasteiger partial charge in [0.1, 0.15) is 5.69 Å². The number of nitrogens with one attached hydrogen (secondary N) is 2. The Morgan fingerprint density at radius 3 is 2.59 bits per heavy atom. The molecule has 7 nitrogen and oxygen atoms in total. The highest BCUT2D eigenvalue weighted by Gasteiger charge is 2.34. The van der Waals surface area contributed by atoms with Crippen LogP contribution in [0.3, 0.4) is 0 Å². The molecular formula is C19H21ClN4O3. The van der Waals surface area contributed by atoms with E-state index >= 15 is 0 Å². The van der Waals surface area contributed by atoms with E-state index in [9.17, 15) is 14.9 Å². The van der Waals surface area contributed by atoms with Crippen LogP contribution >= 0.6 is 11.6 Å². The number of benzene rings is 2. The Hall–Kier alpha value is -2.64. The lowest BCUT2D eigenvalue weighted by Crippen LogP contribution is -2.29. The van der Waals surface area contributed by atoms with E-state index in [1.807, 2.05) is 31.3 Å². The molecule has 1 amide bonds. The number of amides is 1. The van der Waals surface area contributed by atoms with Gasteiger partial charge < -0.3 is 10.6 Å². The van der Waals surface area contributed by atoms with Gasteiger partial charge in [-0.25, -0.2) is 0 Å². The molecule has 1 aliphatic heterocycles. The van der Waals surface area contributed by atoms with Gasteiger partial charge in [-0.3, -0.25) is 19.8 Å². The van der Waals surface area contributed by atoms with E-state index in [0.717, 1.165) is 18.5 Å². The molecule has 0 aromatic heterocycles. The number of halogens is 1. The van der Waals surface area contributed by atoms with Crippen molar-refractivity contribution in [1.82, 2.24) is 10.2 Å². The zero-order valence-electron chi connectivity index (χ0n) is 15.1. The maximum atomic E-state index is 11.8. The molecule has 2 aromatic rings. The van der Waals surface area contributed by atoms with E-state index in [0.29, 0.717) is 10.7 Å². The maximum Gasteiger partial charge on any atom is 0.293 e.